The molecule has 3 aromatic rings. The van der Waals surface area contributed by atoms with Crippen LogP contribution in [-0.4, -0.2) is 35.5 Å². The number of carbonyl (C=O) groups excluding carboxylic acids is 1. The van der Waals surface area contributed by atoms with Crippen LogP contribution in [0.15, 0.2) is 29.3 Å². The summed E-state index contributed by atoms with van der Waals surface area (Å²) in [6.07, 6.45) is 3.62. The van der Waals surface area contributed by atoms with Gasteiger partial charge in [0.1, 0.15) is 12.1 Å². The second kappa shape index (κ2) is 6.80. The van der Waals surface area contributed by atoms with Crippen LogP contribution in [0.3, 0.4) is 0 Å². The van der Waals surface area contributed by atoms with Crippen molar-refractivity contribution in [3.8, 4) is 0 Å². The van der Waals surface area contributed by atoms with Gasteiger partial charge in [-0.05, 0) is 18.6 Å². The molecule has 0 aliphatic rings. The van der Waals surface area contributed by atoms with Crippen molar-refractivity contribution in [1.29, 1.82) is 0 Å². The number of hydrogen-bond donors (Lipinski definition) is 1. The lowest BCUT2D eigenvalue weighted by Gasteiger charge is -2.11. The number of carbonyl (C=O) groups is 1. The molecule has 0 aromatic carbocycles. The van der Waals surface area contributed by atoms with Crippen molar-refractivity contribution in [3.63, 3.8) is 0 Å². The molecule has 0 aliphatic carbocycles. The zero-order valence-electron chi connectivity index (χ0n) is 14.3. The standard InChI is InChI=1S/C16H19N7O2/c1-4-11-7-13-16(25)22(21-15(10(2)3)23(13)20-11)9-14(24)19-12-5-6-17-18-8-12/h5-8,10H,4,9H2,1-3H3,(H,17,19,24). The first-order valence-electron chi connectivity index (χ1n) is 8.05. The van der Waals surface area contributed by atoms with Gasteiger partial charge in [-0.2, -0.15) is 20.4 Å². The molecule has 0 fully saturated rings. The van der Waals surface area contributed by atoms with Crippen LogP contribution in [0, 0.1) is 0 Å². The molecule has 0 spiro atoms. The van der Waals surface area contributed by atoms with E-state index in [4.69, 9.17) is 0 Å². The van der Waals surface area contributed by atoms with Gasteiger partial charge in [0.05, 0.1) is 23.8 Å². The number of amides is 1. The molecule has 3 heterocycles. The minimum Gasteiger partial charge on any atom is -0.323 e. The summed E-state index contributed by atoms with van der Waals surface area (Å²) in [6, 6.07) is 3.37. The zero-order valence-corrected chi connectivity index (χ0v) is 14.3. The highest BCUT2D eigenvalue weighted by molar-refractivity contribution is 5.90. The van der Waals surface area contributed by atoms with E-state index in [-0.39, 0.29) is 23.9 Å². The topological polar surface area (TPSA) is 107 Å². The van der Waals surface area contributed by atoms with Crippen molar-refractivity contribution in [2.75, 3.05) is 5.32 Å². The fourth-order valence-corrected chi connectivity index (χ4v) is 2.44. The lowest BCUT2D eigenvalue weighted by atomic mass is 10.2. The van der Waals surface area contributed by atoms with E-state index in [0.29, 0.717) is 23.4 Å². The van der Waals surface area contributed by atoms with Crippen molar-refractivity contribution >= 4 is 17.1 Å². The maximum absolute atomic E-state index is 12.7. The summed E-state index contributed by atoms with van der Waals surface area (Å²) in [5, 5.41) is 18.8. The van der Waals surface area contributed by atoms with E-state index in [9.17, 15) is 9.59 Å². The summed E-state index contributed by atoms with van der Waals surface area (Å²) < 4.78 is 2.75. The Bertz CT molecular complexity index is 960. The molecule has 0 unspecified atom stereocenters. The Hall–Kier alpha value is -3.10. The van der Waals surface area contributed by atoms with Crippen LogP contribution >= 0.6 is 0 Å². The Labute approximate surface area is 143 Å². The SMILES string of the molecule is CCc1cc2c(=O)n(CC(=O)Nc3ccnnc3)nc(C(C)C)n2n1. The van der Waals surface area contributed by atoms with Crippen molar-refractivity contribution in [2.45, 2.75) is 39.7 Å². The summed E-state index contributed by atoms with van der Waals surface area (Å²) in [4.78, 5) is 24.9. The average molecular weight is 341 g/mol. The largest absolute Gasteiger partial charge is 0.323 e. The van der Waals surface area contributed by atoms with Gasteiger partial charge < -0.3 is 5.32 Å². The number of aryl methyl sites for hydroxylation is 1. The first-order valence-corrected chi connectivity index (χ1v) is 8.05. The fraction of sp³-hybridized carbons (Fsp3) is 0.375. The molecular formula is C16H19N7O2. The Kier molecular flexibility index (Phi) is 4.55. The number of hydrogen-bond acceptors (Lipinski definition) is 6. The number of anilines is 1. The lowest BCUT2D eigenvalue weighted by Crippen LogP contribution is -2.32. The summed E-state index contributed by atoms with van der Waals surface area (Å²) in [7, 11) is 0. The smallest absolute Gasteiger partial charge is 0.293 e. The quantitative estimate of drug-likeness (QED) is 0.742. The van der Waals surface area contributed by atoms with Crippen LogP contribution in [0.2, 0.25) is 0 Å². The molecule has 0 radical (unpaired) electrons. The predicted molar refractivity (Wildman–Crippen MR) is 91.4 cm³/mol. The molecule has 0 saturated heterocycles. The lowest BCUT2D eigenvalue weighted by molar-refractivity contribution is -0.117. The van der Waals surface area contributed by atoms with Gasteiger partial charge in [0, 0.05) is 5.92 Å². The first kappa shape index (κ1) is 16.7. The normalized spacial score (nSPS) is 11.2. The Morgan fingerprint density at radius 2 is 2.08 bits per heavy atom. The Balaban J connectivity index is 1.97. The van der Waals surface area contributed by atoms with E-state index in [1.54, 1.807) is 16.6 Å². The van der Waals surface area contributed by atoms with Crippen molar-refractivity contribution in [1.82, 2.24) is 29.6 Å². The summed E-state index contributed by atoms with van der Waals surface area (Å²) in [6.45, 7) is 5.71. The molecule has 0 atom stereocenters. The maximum Gasteiger partial charge on any atom is 0.293 e. The molecule has 3 rings (SSSR count). The van der Waals surface area contributed by atoms with Gasteiger partial charge in [0.2, 0.25) is 5.91 Å². The van der Waals surface area contributed by atoms with Crippen LogP contribution in [0.4, 0.5) is 5.69 Å². The number of nitrogens with one attached hydrogen (secondary N) is 1. The molecule has 3 aromatic heterocycles. The fourth-order valence-electron chi connectivity index (χ4n) is 2.44. The van der Waals surface area contributed by atoms with E-state index < -0.39 is 0 Å². The average Bonchev–Trinajstić information content (AvgIpc) is 3.02. The van der Waals surface area contributed by atoms with E-state index in [0.717, 1.165) is 5.69 Å². The van der Waals surface area contributed by atoms with E-state index >= 15 is 0 Å². The number of nitrogens with zero attached hydrogens (tertiary/aromatic N) is 6. The second-order valence-electron chi connectivity index (χ2n) is 5.94. The van der Waals surface area contributed by atoms with Gasteiger partial charge >= 0.3 is 0 Å². The van der Waals surface area contributed by atoms with Crippen LogP contribution in [-0.2, 0) is 17.8 Å². The highest BCUT2D eigenvalue weighted by Crippen LogP contribution is 2.13. The van der Waals surface area contributed by atoms with Crippen LogP contribution in [0.5, 0.6) is 0 Å². The maximum atomic E-state index is 12.7. The number of rotatable bonds is 5. The molecule has 0 bridgehead atoms. The Morgan fingerprint density at radius 1 is 1.28 bits per heavy atom. The van der Waals surface area contributed by atoms with Gasteiger partial charge in [-0.25, -0.2) is 9.20 Å². The predicted octanol–water partition coefficient (Wildman–Crippen LogP) is 1.01. The van der Waals surface area contributed by atoms with Gasteiger partial charge in [-0.1, -0.05) is 20.8 Å². The van der Waals surface area contributed by atoms with Crippen LogP contribution in [0.25, 0.3) is 5.52 Å². The van der Waals surface area contributed by atoms with Crippen LogP contribution < -0.4 is 10.9 Å². The highest BCUT2D eigenvalue weighted by Gasteiger charge is 2.17. The van der Waals surface area contributed by atoms with Gasteiger partial charge in [-0.15, -0.1) is 0 Å². The molecular weight excluding hydrogens is 322 g/mol. The van der Waals surface area contributed by atoms with E-state index in [2.05, 4.69) is 25.7 Å². The van der Waals surface area contributed by atoms with Crippen molar-refractivity contribution < 1.29 is 4.79 Å². The van der Waals surface area contributed by atoms with Crippen molar-refractivity contribution in [3.05, 3.63) is 46.4 Å². The summed E-state index contributed by atoms with van der Waals surface area (Å²) >= 11 is 0. The van der Waals surface area contributed by atoms with Gasteiger partial charge in [-0.3, -0.25) is 9.59 Å². The first-order chi connectivity index (χ1) is 12.0. The minimum absolute atomic E-state index is 0.0476. The molecule has 0 saturated carbocycles. The van der Waals surface area contributed by atoms with E-state index in [1.807, 2.05) is 20.8 Å². The molecule has 1 amide bonds. The van der Waals surface area contributed by atoms with Gasteiger partial charge in [0.15, 0.2) is 5.82 Å². The molecule has 9 heteroatoms. The third-order valence-corrected chi connectivity index (χ3v) is 3.69. The molecule has 0 aliphatic heterocycles. The second-order valence-corrected chi connectivity index (χ2v) is 5.94. The molecule has 1 N–H and O–H groups in total. The van der Waals surface area contributed by atoms with Crippen LogP contribution in [0.1, 0.15) is 38.2 Å². The number of fused-ring (bicyclic) bond motifs is 1. The van der Waals surface area contributed by atoms with Crippen molar-refractivity contribution in [2.24, 2.45) is 0 Å². The third-order valence-electron chi connectivity index (χ3n) is 3.69. The summed E-state index contributed by atoms with van der Waals surface area (Å²) in [5.41, 5.74) is 1.40. The highest BCUT2D eigenvalue weighted by atomic mass is 16.2. The van der Waals surface area contributed by atoms with Gasteiger partial charge in [0.25, 0.3) is 5.56 Å². The zero-order chi connectivity index (χ0) is 18.0. The number of aromatic nitrogens is 6. The van der Waals surface area contributed by atoms with E-state index in [1.165, 1.54) is 17.1 Å². The third kappa shape index (κ3) is 3.39. The minimum atomic E-state index is -0.364. The molecule has 130 valence electrons. The Morgan fingerprint density at radius 3 is 2.72 bits per heavy atom. The summed E-state index contributed by atoms with van der Waals surface area (Å²) in [5.74, 6) is 0.316. The monoisotopic (exact) mass is 341 g/mol. The molecule has 25 heavy (non-hydrogen) atoms. The molecule has 9 nitrogen and oxygen atoms in total.